The molecule has 0 fully saturated rings. The maximum absolute atomic E-state index is 4.53. The first-order valence-corrected chi connectivity index (χ1v) is 7.96. The van der Waals surface area contributed by atoms with Crippen LogP contribution in [0.4, 0.5) is 0 Å². The van der Waals surface area contributed by atoms with Gasteiger partial charge in [0.1, 0.15) is 18.7 Å². The van der Waals surface area contributed by atoms with Crippen molar-refractivity contribution in [2.45, 2.75) is 40.3 Å². The van der Waals surface area contributed by atoms with Gasteiger partial charge in [-0.1, -0.05) is 0 Å². The van der Waals surface area contributed by atoms with Gasteiger partial charge in [0, 0.05) is 32.4 Å². The Bertz CT molecular complexity index is 646. The molecule has 2 rings (SSSR count). The number of halogens is 1. The molecule has 0 radical (unpaired) electrons. The van der Waals surface area contributed by atoms with Gasteiger partial charge < -0.3 is 10.6 Å². The number of guanidine groups is 1. The fourth-order valence-corrected chi connectivity index (χ4v) is 2.29. The minimum absolute atomic E-state index is 0. The lowest BCUT2D eigenvalue weighted by Gasteiger charge is -2.11. The highest BCUT2D eigenvalue weighted by molar-refractivity contribution is 14.0. The van der Waals surface area contributed by atoms with Crippen molar-refractivity contribution in [2.24, 2.45) is 12.0 Å². The Labute approximate surface area is 160 Å². The molecule has 0 saturated heterocycles. The highest BCUT2D eigenvalue weighted by Gasteiger charge is 2.03. The van der Waals surface area contributed by atoms with Crippen LogP contribution in [0.5, 0.6) is 0 Å². The number of rotatable bonds is 7. The van der Waals surface area contributed by atoms with Gasteiger partial charge in [-0.2, -0.15) is 10.2 Å². The summed E-state index contributed by atoms with van der Waals surface area (Å²) in [7, 11) is 1.87. The van der Waals surface area contributed by atoms with Crippen molar-refractivity contribution >= 4 is 29.9 Å². The summed E-state index contributed by atoms with van der Waals surface area (Å²) >= 11 is 0. The molecule has 24 heavy (non-hydrogen) atoms. The van der Waals surface area contributed by atoms with Crippen molar-refractivity contribution in [1.82, 2.24) is 35.2 Å². The van der Waals surface area contributed by atoms with Crippen LogP contribution in [0.3, 0.4) is 0 Å². The van der Waals surface area contributed by atoms with Gasteiger partial charge in [0.2, 0.25) is 0 Å². The monoisotopic (exact) mass is 446 g/mol. The Morgan fingerprint density at radius 3 is 2.67 bits per heavy atom. The third-order valence-electron chi connectivity index (χ3n) is 3.47. The number of hydrogen-bond donors (Lipinski definition) is 2. The van der Waals surface area contributed by atoms with E-state index in [4.69, 9.17) is 0 Å². The minimum atomic E-state index is 0. The van der Waals surface area contributed by atoms with E-state index in [-0.39, 0.29) is 24.0 Å². The molecule has 0 aliphatic rings. The average molecular weight is 446 g/mol. The van der Waals surface area contributed by atoms with Gasteiger partial charge in [-0.3, -0.25) is 9.36 Å². The molecule has 0 aliphatic heterocycles. The summed E-state index contributed by atoms with van der Waals surface area (Å²) in [4.78, 5) is 8.71. The Kier molecular flexibility index (Phi) is 8.72. The quantitative estimate of drug-likeness (QED) is 0.291. The zero-order chi connectivity index (χ0) is 16.7. The molecule has 8 nitrogen and oxygen atoms in total. The minimum Gasteiger partial charge on any atom is -0.357 e. The van der Waals surface area contributed by atoms with E-state index in [0.29, 0.717) is 6.54 Å². The van der Waals surface area contributed by atoms with Crippen LogP contribution < -0.4 is 10.6 Å². The van der Waals surface area contributed by atoms with Crippen LogP contribution in [0.15, 0.2) is 17.4 Å². The number of aliphatic imine (C=N–C) groups is 1. The molecule has 0 aromatic carbocycles. The van der Waals surface area contributed by atoms with Crippen LogP contribution in [-0.4, -0.2) is 43.6 Å². The lowest BCUT2D eigenvalue weighted by molar-refractivity contribution is 0.555. The van der Waals surface area contributed by atoms with E-state index in [9.17, 15) is 0 Å². The van der Waals surface area contributed by atoms with E-state index in [1.165, 1.54) is 5.69 Å². The summed E-state index contributed by atoms with van der Waals surface area (Å²) in [6.07, 6.45) is 2.52. The topological polar surface area (TPSA) is 85.0 Å². The normalized spacial score (nSPS) is 11.2. The second-order valence-corrected chi connectivity index (χ2v) is 5.43. The van der Waals surface area contributed by atoms with E-state index in [1.807, 2.05) is 18.7 Å². The van der Waals surface area contributed by atoms with Gasteiger partial charge in [0.15, 0.2) is 5.96 Å². The Morgan fingerprint density at radius 1 is 1.29 bits per heavy atom. The summed E-state index contributed by atoms with van der Waals surface area (Å²) < 4.78 is 3.77. The zero-order valence-electron chi connectivity index (χ0n) is 14.8. The van der Waals surface area contributed by atoms with Crippen LogP contribution in [0.1, 0.15) is 30.6 Å². The third-order valence-corrected chi connectivity index (χ3v) is 3.47. The Hall–Kier alpha value is -1.65. The predicted molar refractivity (Wildman–Crippen MR) is 106 cm³/mol. The Balaban J connectivity index is 0.00000288. The average Bonchev–Trinajstić information content (AvgIpc) is 3.06. The molecule has 0 aliphatic carbocycles. The number of aryl methyl sites for hydroxylation is 4. The summed E-state index contributed by atoms with van der Waals surface area (Å²) in [6.45, 7) is 9.21. The molecule has 9 heteroatoms. The highest BCUT2D eigenvalue weighted by Crippen LogP contribution is 2.02. The first-order chi connectivity index (χ1) is 11.1. The molecule has 2 N–H and O–H groups in total. The standard InChI is InChI=1S/C15H26N8.HI/c1-5-16-15(18-10-14-19-11-20-22(14)4)17-7-6-8-23-13(3)9-12(2)21-23;/h9,11H,5-8,10H2,1-4H3,(H2,16,17,18);1H. The second kappa shape index (κ2) is 10.3. The van der Waals surface area contributed by atoms with Crippen LogP contribution in [0.25, 0.3) is 0 Å². The highest BCUT2D eigenvalue weighted by atomic mass is 127. The Morgan fingerprint density at radius 2 is 2.08 bits per heavy atom. The molecule has 0 amide bonds. The van der Waals surface area contributed by atoms with Crippen molar-refractivity contribution in [2.75, 3.05) is 13.1 Å². The van der Waals surface area contributed by atoms with E-state index >= 15 is 0 Å². The fourth-order valence-electron chi connectivity index (χ4n) is 2.29. The molecule has 2 aromatic rings. The number of nitrogens with zero attached hydrogens (tertiary/aromatic N) is 6. The van der Waals surface area contributed by atoms with Crippen molar-refractivity contribution < 1.29 is 0 Å². The van der Waals surface area contributed by atoms with Crippen LogP contribution in [-0.2, 0) is 20.1 Å². The molecule has 0 spiro atoms. The van der Waals surface area contributed by atoms with Crippen molar-refractivity contribution in [1.29, 1.82) is 0 Å². The maximum Gasteiger partial charge on any atom is 0.191 e. The molecule has 0 saturated carbocycles. The molecule has 0 atom stereocenters. The van der Waals surface area contributed by atoms with Crippen molar-refractivity contribution in [3.05, 3.63) is 29.6 Å². The molecule has 0 bridgehead atoms. The lowest BCUT2D eigenvalue weighted by Crippen LogP contribution is -2.38. The number of nitrogens with one attached hydrogen (secondary N) is 2. The molecule has 134 valence electrons. The molecular weight excluding hydrogens is 419 g/mol. The summed E-state index contributed by atoms with van der Waals surface area (Å²) in [5.74, 6) is 1.63. The SMILES string of the molecule is CCNC(=NCc1ncnn1C)NCCCn1nc(C)cc1C.I. The van der Waals surface area contributed by atoms with E-state index in [2.05, 4.69) is 50.7 Å². The largest absolute Gasteiger partial charge is 0.357 e. The number of hydrogen-bond acceptors (Lipinski definition) is 4. The zero-order valence-corrected chi connectivity index (χ0v) is 17.1. The summed E-state index contributed by atoms with van der Waals surface area (Å²) in [5.41, 5.74) is 2.26. The summed E-state index contributed by atoms with van der Waals surface area (Å²) in [6, 6.07) is 2.10. The molecular formula is C15H27IN8. The van der Waals surface area contributed by atoms with Gasteiger partial charge in [-0.25, -0.2) is 9.98 Å². The van der Waals surface area contributed by atoms with Crippen molar-refractivity contribution in [3.63, 3.8) is 0 Å². The summed E-state index contributed by atoms with van der Waals surface area (Å²) in [5, 5.41) is 15.1. The van der Waals surface area contributed by atoms with Gasteiger partial charge in [-0.15, -0.1) is 24.0 Å². The van der Waals surface area contributed by atoms with Gasteiger partial charge in [-0.05, 0) is 33.3 Å². The first-order valence-electron chi connectivity index (χ1n) is 7.96. The van der Waals surface area contributed by atoms with Crippen LogP contribution in [0.2, 0.25) is 0 Å². The number of aromatic nitrogens is 5. The third kappa shape index (κ3) is 6.10. The first kappa shape index (κ1) is 20.4. The van der Waals surface area contributed by atoms with Gasteiger partial charge in [0.05, 0.1) is 5.69 Å². The van der Waals surface area contributed by atoms with Crippen LogP contribution >= 0.6 is 24.0 Å². The molecule has 2 heterocycles. The molecule has 0 unspecified atom stereocenters. The van der Waals surface area contributed by atoms with Gasteiger partial charge >= 0.3 is 0 Å². The van der Waals surface area contributed by atoms with Crippen LogP contribution in [0, 0.1) is 13.8 Å². The fraction of sp³-hybridized carbons (Fsp3) is 0.600. The van der Waals surface area contributed by atoms with E-state index < -0.39 is 0 Å². The lowest BCUT2D eigenvalue weighted by atomic mass is 10.4. The smallest absolute Gasteiger partial charge is 0.191 e. The maximum atomic E-state index is 4.53. The molecule has 2 aromatic heterocycles. The van der Waals surface area contributed by atoms with E-state index in [1.54, 1.807) is 11.0 Å². The van der Waals surface area contributed by atoms with E-state index in [0.717, 1.165) is 43.5 Å². The second-order valence-electron chi connectivity index (χ2n) is 5.43. The predicted octanol–water partition coefficient (Wildman–Crippen LogP) is 1.39. The van der Waals surface area contributed by atoms with Gasteiger partial charge in [0.25, 0.3) is 0 Å². The van der Waals surface area contributed by atoms with Crippen molar-refractivity contribution in [3.8, 4) is 0 Å².